The van der Waals surface area contributed by atoms with Crippen molar-refractivity contribution >= 4 is 11.6 Å². The van der Waals surface area contributed by atoms with Crippen LogP contribution in [0.5, 0.6) is 0 Å². The van der Waals surface area contributed by atoms with Crippen LogP contribution in [0.25, 0.3) is 0 Å². The summed E-state index contributed by atoms with van der Waals surface area (Å²) in [4.78, 5) is 5.04. The van der Waals surface area contributed by atoms with Crippen LogP contribution in [0.4, 0.5) is 4.39 Å². The summed E-state index contributed by atoms with van der Waals surface area (Å²) in [6.07, 6.45) is 1.24. The Kier molecular flexibility index (Phi) is 6.52. The number of hydrogen-bond acceptors (Lipinski definition) is 2. The summed E-state index contributed by atoms with van der Waals surface area (Å²) in [5.74, 6) is -0.293. The normalized spacial score (nSPS) is 17.9. The minimum absolute atomic E-state index is 0.153. The molecule has 3 aromatic carbocycles. The van der Waals surface area contributed by atoms with Crippen LogP contribution in [0.15, 0.2) is 66.7 Å². The second-order valence-electron chi connectivity index (χ2n) is 8.19. The number of nitrogens with zero attached hydrogens (tertiary/aromatic N) is 2. The summed E-state index contributed by atoms with van der Waals surface area (Å²) in [6, 6.07) is 22.0. The molecule has 156 valence electrons. The molecule has 1 aliphatic rings. The monoisotopic (exact) mass is 422 g/mol. The van der Waals surface area contributed by atoms with Crippen LogP contribution in [0, 0.1) is 19.7 Å². The van der Waals surface area contributed by atoms with Gasteiger partial charge in [0, 0.05) is 31.2 Å². The van der Waals surface area contributed by atoms with Crippen molar-refractivity contribution in [1.82, 2.24) is 9.80 Å². The third-order valence-corrected chi connectivity index (χ3v) is 6.42. The average molecular weight is 423 g/mol. The van der Waals surface area contributed by atoms with E-state index >= 15 is 0 Å². The summed E-state index contributed by atoms with van der Waals surface area (Å²) in [5, 5.41) is 0.495. The molecular weight excluding hydrogens is 395 g/mol. The number of benzene rings is 3. The molecule has 1 heterocycles. The van der Waals surface area contributed by atoms with Crippen molar-refractivity contribution in [3.63, 3.8) is 0 Å². The second kappa shape index (κ2) is 9.30. The molecule has 0 amide bonds. The van der Waals surface area contributed by atoms with Crippen LogP contribution < -0.4 is 0 Å². The zero-order valence-electron chi connectivity index (χ0n) is 17.6. The van der Waals surface area contributed by atoms with Crippen molar-refractivity contribution < 1.29 is 4.39 Å². The maximum atomic E-state index is 13.6. The molecular formula is C26H28ClFN2. The lowest BCUT2D eigenvalue weighted by molar-refractivity contribution is -0.00954. The second-order valence-corrected chi connectivity index (χ2v) is 8.59. The molecule has 0 bridgehead atoms. The Labute approximate surface area is 183 Å². The van der Waals surface area contributed by atoms with Gasteiger partial charge in [-0.3, -0.25) is 9.80 Å². The molecule has 3 aromatic rings. The summed E-state index contributed by atoms with van der Waals surface area (Å²) in [6.45, 7) is 7.98. The molecule has 2 nitrogen and oxygen atoms in total. The SMILES string of the molecule is Cc1ccccc1CN1CCCN(Cc2ccc(F)cc2Cl)[C@H]1c1ccccc1C. The third-order valence-electron chi connectivity index (χ3n) is 6.07. The number of aryl methyl sites for hydroxylation is 2. The van der Waals surface area contributed by atoms with E-state index in [4.69, 9.17) is 11.6 Å². The first-order valence-electron chi connectivity index (χ1n) is 10.5. The van der Waals surface area contributed by atoms with Crippen LogP contribution in [0.3, 0.4) is 0 Å². The van der Waals surface area contributed by atoms with Crippen molar-refractivity contribution in [3.05, 3.63) is 105 Å². The maximum absolute atomic E-state index is 13.6. The highest BCUT2D eigenvalue weighted by molar-refractivity contribution is 6.31. The van der Waals surface area contributed by atoms with Gasteiger partial charge in [-0.05, 0) is 60.2 Å². The molecule has 0 spiro atoms. The van der Waals surface area contributed by atoms with Crippen LogP contribution in [-0.4, -0.2) is 22.9 Å². The summed E-state index contributed by atoms with van der Waals surface area (Å²) in [7, 11) is 0. The first kappa shape index (κ1) is 21.0. The summed E-state index contributed by atoms with van der Waals surface area (Å²) in [5.41, 5.74) is 6.25. The molecule has 1 aliphatic heterocycles. The Hall–Kier alpha value is -2.20. The van der Waals surface area contributed by atoms with Crippen molar-refractivity contribution in [2.45, 2.75) is 39.5 Å². The largest absolute Gasteiger partial charge is 0.280 e. The minimum atomic E-state index is -0.293. The fraction of sp³-hybridized carbons (Fsp3) is 0.308. The van der Waals surface area contributed by atoms with E-state index in [1.165, 1.54) is 34.4 Å². The van der Waals surface area contributed by atoms with Crippen LogP contribution in [-0.2, 0) is 13.1 Å². The van der Waals surface area contributed by atoms with E-state index in [1.807, 2.05) is 6.07 Å². The molecule has 0 N–H and O–H groups in total. The van der Waals surface area contributed by atoms with E-state index in [2.05, 4.69) is 72.2 Å². The van der Waals surface area contributed by atoms with Crippen LogP contribution in [0.2, 0.25) is 5.02 Å². The molecule has 1 fully saturated rings. The molecule has 30 heavy (non-hydrogen) atoms. The Morgan fingerprint density at radius 1 is 0.833 bits per heavy atom. The van der Waals surface area contributed by atoms with Crippen molar-refractivity contribution in [3.8, 4) is 0 Å². The van der Waals surface area contributed by atoms with E-state index in [-0.39, 0.29) is 12.0 Å². The summed E-state index contributed by atoms with van der Waals surface area (Å²) < 4.78 is 13.6. The maximum Gasteiger partial charge on any atom is 0.124 e. The van der Waals surface area contributed by atoms with Crippen LogP contribution >= 0.6 is 11.6 Å². The Balaban J connectivity index is 1.69. The first-order valence-corrected chi connectivity index (χ1v) is 10.9. The fourth-order valence-corrected chi connectivity index (χ4v) is 4.66. The van der Waals surface area contributed by atoms with Gasteiger partial charge in [0.1, 0.15) is 5.82 Å². The van der Waals surface area contributed by atoms with Gasteiger partial charge in [0.05, 0.1) is 6.17 Å². The van der Waals surface area contributed by atoms with Gasteiger partial charge in [0.25, 0.3) is 0 Å². The van der Waals surface area contributed by atoms with Crippen molar-refractivity contribution in [2.75, 3.05) is 13.1 Å². The van der Waals surface area contributed by atoms with Gasteiger partial charge in [-0.15, -0.1) is 0 Å². The van der Waals surface area contributed by atoms with Gasteiger partial charge in [-0.2, -0.15) is 0 Å². The lowest BCUT2D eigenvalue weighted by Gasteiger charge is -2.45. The average Bonchev–Trinajstić information content (AvgIpc) is 2.73. The van der Waals surface area contributed by atoms with Crippen LogP contribution in [0.1, 0.15) is 40.4 Å². The number of rotatable bonds is 5. The lowest BCUT2D eigenvalue weighted by Crippen LogP contribution is -2.47. The molecule has 0 aromatic heterocycles. The molecule has 1 saturated heterocycles. The zero-order chi connectivity index (χ0) is 21.1. The highest BCUT2D eigenvalue weighted by Gasteiger charge is 2.32. The predicted octanol–water partition coefficient (Wildman–Crippen LogP) is 6.50. The quantitative estimate of drug-likeness (QED) is 0.462. The van der Waals surface area contributed by atoms with E-state index in [9.17, 15) is 4.39 Å². The van der Waals surface area contributed by atoms with Crippen molar-refractivity contribution in [2.24, 2.45) is 0 Å². The Bertz CT molecular complexity index is 1020. The van der Waals surface area contributed by atoms with E-state index in [0.29, 0.717) is 11.6 Å². The van der Waals surface area contributed by atoms with Gasteiger partial charge in [-0.1, -0.05) is 66.2 Å². The van der Waals surface area contributed by atoms with E-state index < -0.39 is 0 Å². The minimum Gasteiger partial charge on any atom is -0.280 e. The van der Waals surface area contributed by atoms with Gasteiger partial charge >= 0.3 is 0 Å². The fourth-order valence-electron chi connectivity index (χ4n) is 4.43. The third kappa shape index (κ3) is 4.59. The van der Waals surface area contributed by atoms with Gasteiger partial charge in [-0.25, -0.2) is 4.39 Å². The highest BCUT2D eigenvalue weighted by atomic mass is 35.5. The van der Waals surface area contributed by atoms with Gasteiger partial charge < -0.3 is 0 Å². The number of hydrogen-bond donors (Lipinski definition) is 0. The Morgan fingerprint density at radius 3 is 2.13 bits per heavy atom. The highest BCUT2D eigenvalue weighted by Crippen LogP contribution is 2.35. The first-order chi connectivity index (χ1) is 14.5. The molecule has 0 saturated carbocycles. The Morgan fingerprint density at radius 2 is 1.47 bits per heavy atom. The van der Waals surface area contributed by atoms with Gasteiger partial charge in [0.15, 0.2) is 0 Å². The smallest absolute Gasteiger partial charge is 0.124 e. The molecule has 0 unspecified atom stereocenters. The topological polar surface area (TPSA) is 6.48 Å². The lowest BCUT2D eigenvalue weighted by atomic mass is 9.99. The van der Waals surface area contributed by atoms with E-state index in [0.717, 1.165) is 31.6 Å². The van der Waals surface area contributed by atoms with E-state index in [1.54, 1.807) is 0 Å². The predicted molar refractivity (Wildman–Crippen MR) is 122 cm³/mol. The molecule has 0 aliphatic carbocycles. The number of halogens is 2. The molecule has 1 atom stereocenters. The standard InChI is InChI=1S/C26H28ClFN2/c1-19-8-3-5-10-21(19)17-29-14-7-15-30(18-22-12-13-23(28)16-25(22)27)26(29)24-11-6-4-9-20(24)2/h3-6,8-13,16,26H,7,14-15,17-18H2,1-2H3/t26-/m0/s1. The summed E-state index contributed by atoms with van der Waals surface area (Å²) >= 11 is 6.38. The molecule has 4 rings (SSSR count). The zero-order valence-corrected chi connectivity index (χ0v) is 18.4. The molecule has 4 heteroatoms. The van der Waals surface area contributed by atoms with Gasteiger partial charge in [0.2, 0.25) is 0 Å². The molecule has 0 radical (unpaired) electrons. The van der Waals surface area contributed by atoms with Crippen molar-refractivity contribution in [1.29, 1.82) is 0 Å².